The van der Waals surface area contributed by atoms with E-state index in [0.29, 0.717) is 38.7 Å². The molecular formula is C31H23N7O3S2. The zero-order valence-electron chi connectivity index (χ0n) is 22.5. The Morgan fingerprint density at radius 1 is 0.651 bits per heavy atom. The lowest BCUT2D eigenvalue weighted by Gasteiger charge is -2.05. The maximum absolute atomic E-state index is 12.6. The van der Waals surface area contributed by atoms with E-state index in [1.54, 1.807) is 30.3 Å². The molecule has 2 amide bonds. The summed E-state index contributed by atoms with van der Waals surface area (Å²) in [5.74, 6) is 0.595. The fourth-order valence-corrected chi connectivity index (χ4v) is 5.85. The third kappa shape index (κ3) is 6.10. The largest absolute Gasteiger partial charge is 0.436 e. The van der Waals surface area contributed by atoms with Crippen molar-refractivity contribution in [2.24, 2.45) is 0 Å². The number of nitrogens with zero attached hydrogens (tertiary/aromatic N) is 3. The minimum Gasteiger partial charge on any atom is -0.436 e. The van der Waals surface area contributed by atoms with E-state index in [4.69, 9.17) is 4.42 Å². The highest BCUT2D eigenvalue weighted by molar-refractivity contribution is 8.00. The predicted molar refractivity (Wildman–Crippen MR) is 170 cm³/mol. The second-order valence-electron chi connectivity index (χ2n) is 9.57. The van der Waals surface area contributed by atoms with Gasteiger partial charge in [-0.2, -0.15) is 0 Å². The number of aromatic nitrogens is 5. The first-order valence-electron chi connectivity index (χ1n) is 13.3. The van der Waals surface area contributed by atoms with E-state index in [-0.39, 0.29) is 23.3 Å². The summed E-state index contributed by atoms with van der Waals surface area (Å²) in [7, 11) is 0. The monoisotopic (exact) mass is 605 g/mol. The first kappa shape index (κ1) is 26.8. The number of thioether (sulfide) groups is 2. The lowest BCUT2D eigenvalue weighted by atomic mass is 10.2. The number of amides is 2. The predicted octanol–water partition coefficient (Wildman–Crippen LogP) is 6.71. The average Bonchev–Trinajstić information content (AvgIpc) is 3.75. The molecule has 0 radical (unpaired) electrons. The summed E-state index contributed by atoms with van der Waals surface area (Å²) in [6.07, 6.45) is 0. The first-order valence-corrected chi connectivity index (χ1v) is 15.3. The topological polar surface area (TPSA) is 142 Å². The highest BCUT2D eigenvalue weighted by Gasteiger charge is 2.13. The van der Waals surface area contributed by atoms with Gasteiger partial charge >= 0.3 is 0 Å². The Hall–Kier alpha value is -5.07. The standard InChI is InChI=1S/C31H23N7O3S2/c39-27(16-42-30-35-21-5-1-2-6-22(21)36-30)32-19-11-9-18(10-12-19)29-34-25-15-20(13-14-26(25)41-29)33-28(40)17-43-31-37-23-7-3-4-8-24(23)38-31/h1-15H,16-17H2,(H,32,39)(H,33,40)(H,35,36)(H,37,38). The molecular weight excluding hydrogens is 583 g/mol. The number of imidazole rings is 2. The number of hydrogen-bond donors (Lipinski definition) is 4. The number of nitrogens with one attached hydrogen (secondary N) is 4. The van der Waals surface area contributed by atoms with Crippen molar-refractivity contribution in [3.8, 4) is 11.5 Å². The maximum atomic E-state index is 12.6. The van der Waals surface area contributed by atoms with Gasteiger partial charge in [-0.1, -0.05) is 47.8 Å². The summed E-state index contributed by atoms with van der Waals surface area (Å²) < 4.78 is 5.94. The van der Waals surface area contributed by atoms with Gasteiger partial charge in [-0.15, -0.1) is 0 Å². The third-order valence-electron chi connectivity index (χ3n) is 6.50. The fraction of sp³-hybridized carbons (Fsp3) is 0.0645. The summed E-state index contributed by atoms with van der Waals surface area (Å²) >= 11 is 2.69. The van der Waals surface area contributed by atoms with Crippen LogP contribution >= 0.6 is 23.5 Å². The molecule has 4 aromatic carbocycles. The Kier molecular flexibility index (Phi) is 7.27. The lowest BCUT2D eigenvalue weighted by molar-refractivity contribution is -0.114. The Morgan fingerprint density at radius 2 is 1.21 bits per heavy atom. The molecule has 43 heavy (non-hydrogen) atoms. The van der Waals surface area contributed by atoms with Gasteiger partial charge in [0.1, 0.15) is 5.52 Å². The number of carbonyl (C=O) groups is 2. The second-order valence-corrected chi connectivity index (χ2v) is 11.5. The van der Waals surface area contributed by atoms with Crippen LogP contribution < -0.4 is 10.6 Å². The van der Waals surface area contributed by atoms with Crippen LogP contribution in [0.15, 0.2) is 106 Å². The van der Waals surface area contributed by atoms with Gasteiger partial charge in [-0.3, -0.25) is 9.59 Å². The molecule has 0 saturated carbocycles. The van der Waals surface area contributed by atoms with Gasteiger partial charge in [0, 0.05) is 16.9 Å². The van der Waals surface area contributed by atoms with Crippen molar-refractivity contribution in [1.82, 2.24) is 24.9 Å². The van der Waals surface area contributed by atoms with Crippen LogP contribution in [0.3, 0.4) is 0 Å². The maximum Gasteiger partial charge on any atom is 0.234 e. The number of carbonyl (C=O) groups excluding carboxylic acids is 2. The van der Waals surface area contributed by atoms with Crippen LogP contribution in [0.2, 0.25) is 0 Å². The summed E-state index contributed by atoms with van der Waals surface area (Å²) in [5.41, 5.74) is 6.89. The molecule has 0 unspecified atom stereocenters. The summed E-state index contributed by atoms with van der Waals surface area (Å²) in [6, 6.07) is 28.1. The van der Waals surface area contributed by atoms with Crippen LogP contribution in [-0.4, -0.2) is 48.2 Å². The molecule has 10 nitrogen and oxygen atoms in total. The van der Waals surface area contributed by atoms with Crippen LogP contribution in [0.5, 0.6) is 0 Å². The third-order valence-corrected chi connectivity index (χ3v) is 8.25. The van der Waals surface area contributed by atoms with Gasteiger partial charge < -0.3 is 25.0 Å². The molecule has 12 heteroatoms. The van der Waals surface area contributed by atoms with E-state index in [2.05, 4.69) is 35.6 Å². The first-order chi connectivity index (χ1) is 21.1. The molecule has 3 heterocycles. The normalized spacial score (nSPS) is 11.3. The number of benzene rings is 4. The molecule has 7 rings (SSSR count). The highest BCUT2D eigenvalue weighted by atomic mass is 32.2. The van der Waals surface area contributed by atoms with Crippen molar-refractivity contribution in [1.29, 1.82) is 0 Å². The molecule has 3 aromatic heterocycles. The minimum atomic E-state index is -0.151. The van der Waals surface area contributed by atoms with Crippen molar-refractivity contribution in [2.75, 3.05) is 22.1 Å². The molecule has 0 saturated heterocycles. The number of para-hydroxylation sites is 4. The van der Waals surface area contributed by atoms with Crippen molar-refractivity contribution in [3.05, 3.63) is 91.0 Å². The summed E-state index contributed by atoms with van der Waals surface area (Å²) in [4.78, 5) is 45.1. The minimum absolute atomic E-state index is 0.134. The Bertz CT molecular complexity index is 2030. The fourth-order valence-electron chi connectivity index (χ4n) is 4.48. The molecule has 4 N–H and O–H groups in total. The zero-order chi connectivity index (χ0) is 29.2. The lowest BCUT2D eigenvalue weighted by Crippen LogP contribution is -2.14. The van der Waals surface area contributed by atoms with Gasteiger partial charge in [0.2, 0.25) is 17.7 Å². The molecule has 0 aliphatic carbocycles. The molecule has 0 bridgehead atoms. The van der Waals surface area contributed by atoms with Crippen LogP contribution in [0, 0.1) is 0 Å². The number of hydrogen-bond acceptors (Lipinski definition) is 8. The molecule has 0 aliphatic heterocycles. The SMILES string of the molecule is O=C(CSc1nc2ccccc2[nH]1)Nc1ccc(-c2nc3cc(NC(=O)CSc4nc5ccccc5[nH]4)ccc3o2)cc1. The molecule has 0 spiro atoms. The van der Waals surface area contributed by atoms with Crippen molar-refractivity contribution in [3.63, 3.8) is 0 Å². The van der Waals surface area contributed by atoms with E-state index in [9.17, 15) is 9.59 Å². The highest BCUT2D eigenvalue weighted by Crippen LogP contribution is 2.28. The Labute approximate surface area is 253 Å². The van der Waals surface area contributed by atoms with Gasteiger partial charge in [-0.25, -0.2) is 15.0 Å². The number of H-pyrrole nitrogens is 2. The van der Waals surface area contributed by atoms with Crippen molar-refractivity contribution >= 4 is 79.9 Å². The van der Waals surface area contributed by atoms with Gasteiger partial charge in [0.15, 0.2) is 15.9 Å². The molecule has 0 atom stereocenters. The van der Waals surface area contributed by atoms with Crippen molar-refractivity contribution < 1.29 is 14.0 Å². The van der Waals surface area contributed by atoms with E-state index >= 15 is 0 Å². The molecule has 212 valence electrons. The summed E-state index contributed by atoms with van der Waals surface area (Å²) in [5, 5.41) is 7.21. The average molecular weight is 606 g/mol. The van der Waals surface area contributed by atoms with Gasteiger partial charge in [-0.05, 0) is 66.7 Å². The number of aromatic amines is 2. The summed E-state index contributed by atoms with van der Waals surface area (Å²) in [6.45, 7) is 0. The number of anilines is 2. The van der Waals surface area contributed by atoms with Gasteiger partial charge in [0.05, 0.1) is 33.6 Å². The molecule has 0 aliphatic rings. The zero-order valence-corrected chi connectivity index (χ0v) is 24.1. The van der Waals surface area contributed by atoms with Crippen molar-refractivity contribution in [2.45, 2.75) is 10.3 Å². The van der Waals surface area contributed by atoms with E-state index in [1.807, 2.05) is 60.7 Å². The quantitative estimate of drug-likeness (QED) is 0.133. The number of oxazole rings is 1. The molecule has 0 fully saturated rings. The van der Waals surface area contributed by atoms with E-state index < -0.39 is 0 Å². The second kappa shape index (κ2) is 11.7. The van der Waals surface area contributed by atoms with Gasteiger partial charge in [0.25, 0.3) is 0 Å². The van der Waals surface area contributed by atoms with E-state index in [0.717, 1.165) is 27.6 Å². The number of fused-ring (bicyclic) bond motifs is 3. The smallest absolute Gasteiger partial charge is 0.234 e. The molecule has 7 aromatic rings. The van der Waals surface area contributed by atoms with Crippen LogP contribution in [0.4, 0.5) is 11.4 Å². The van der Waals surface area contributed by atoms with E-state index in [1.165, 1.54) is 23.5 Å². The van der Waals surface area contributed by atoms with Crippen LogP contribution in [0.1, 0.15) is 0 Å². The Morgan fingerprint density at radius 3 is 1.81 bits per heavy atom. The van der Waals surface area contributed by atoms with Crippen LogP contribution in [0.25, 0.3) is 44.6 Å². The number of rotatable bonds is 9. The Balaban J connectivity index is 0.942. The van der Waals surface area contributed by atoms with Crippen LogP contribution in [-0.2, 0) is 9.59 Å².